The van der Waals surface area contributed by atoms with Gasteiger partial charge in [0.05, 0.1) is 7.11 Å². The van der Waals surface area contributed by atoms with E-state index in [-0.39, 0.29) is 5.25 Å². The Morgan fingerprint density at radius 1 is 1.40 bits per heavy atom. The molecule has 1 fully saturated rings. The SMILES string of the molecule is COc1ccc([C@]2(O)CCS[C@H]2C)cc1. The van der Waals surface area contributed by atoms with E-state index in [2.05, 4.69) is 6.92 Å². The standard InChI is InChI=1S/C12H16O2S/c1-9-12(13,7-8-15-9)10-3-5-11(14-2)6-4-10/h3-6,9,13H,7-8H2,1-2H3/t9-,12-/m0/s1. The number of methoxy groups -OCH3 is 1. The second-order valence-electron chi connectivity index (χ2n) is 3.92. The molecule has 1 heterocycles. The highest BCUT2D eigenvalue weighted by Gasteiger charge is 2.40. The highest BCUT2D eigenvalue weighted by Crippen LogP contribution is 2.43. The number of aliphatic hydroxyl groups is 1. The molecule has 2 rings (SSSR count). The van der Waals surface area contributed by atoms with E-state index in [1.165, 1.54) is 0 Å². The Morgan fingerprint density at radius 2 is 2.07 bits per heavy atom. The summed E-state index contributed by atoms with van der Waals surface area (Å²) in [6, 6.07) is 7.73. The molecule has 2 nitrogen and oxygen atoms in total. The lowest BCUT2D eigenvalue weighted by atomic mass is 9.88. The van der Waals surface area contributed by atoms with Crippen LogP contribution in [0.25, 0.3) is 0 Å². The second kappa shape index (κ2) is 4.06. The molecule has 0 unspecified atom stereocenters. The topological polar surface area (TPSA) is 29.5 Å². The zero-order valence-electron chi connectivity index (χ0n) is 9.06. The molecule has 82 valence electrons. The summed E-state index contributed by atoms with van der Waals surface area (Å²) >= 11 is 1.83. The fourth-order valence-corrected chi connectivity index (χ4v) is 3.30. The van der Waals surface area contributed by atoms with Crippen LogP contribution >= 0.6 is 11.8 Å². The van der Waals surface area contributed by atoms with Crippen LogP contribution in [-0.2, 0) is 5.60 Å². The molecule has 1 aliphatic rings. The maximum absolute atomic E-state index is 10.5. The number of hydrogen-bond donors (Lipinski definition) is 1. The van der Waals surface area contributed by atoms with Crippen LogP contribution in [0.1, 0.15) is 18.9 Å². The predicted molar refractivity (Wildman–Crippen MR) is 63.4 cm³/mol. The van der Waals surface area contributed by atoms with Crippen molar-refractivity contribution in [1.29, 1.82) is 0 Å². The quantitative estimate of drug-likeness (QED) is 0.836. The first-order valence-electron chi connectivity index (χ1n) is 5.15. The van der Waals surface area contributed by atoms with E-state index in [4.69, 9.17) is 4.74 Å². The summed E-state index contributed by atoms with van der Waals surface area (Å²) in [6.07, 6.45) is 0.838. The van der Waals surface area contributed by atoms with Crippen molar-refractivity contribution in [3.8, 4) is 5.75 Å². The minimum absolute atomic E-state index is 0.269. The zero-order valence-corrected chi connectivity index (χ0v) is 9.88. The molecule has 0 saturated carbocycles. The second-order valence-corrected chi connectivity index (χ2v) is 5.36. The van der Waals surface area contributed by atoms with Crippen molar-refractivity contribution < 1.29 is 9.84 Å². The Bertz CT molecular complexity index is 336. The zero-order chi connectivity index (χ0) is 10.9. The minimum atomic E-state index is -0.656. The molecule has 1 aromatic rings. The fourth-order valence-electron chi connectivity index (χ4n) is 1.99. The van der Waals surface area contributed by atoms with Gasteiger partial charge in [-0.2, -0.15) is 11.8 Å². The molecule has 0 aromatic heterocycles. The molecule has 0 aliphatic carbocycles. The summed E-state index contributed by atoms with van der Waals surface area (Å²) in [7, 11) is 1.65. The molecule has 15 heavy (non-hydrogen) atoms. The molecule has 1 N–H and O–H groups in total. The van der Waals surface area contributed by atoms with Crippen molar-refractivity contribution in [3.63, 3.8) is 0 Å². The van der Waals surface area contributed by atoms with Crippen molar-refractivity contribution in [2.75, 3.05) is 12.9 Å². The van der Waals surface area contributed by atoms with E-state index >= 15 is 0 Å². The highest BCUT2D eigenvalue weighted by atomic mass is 32.2. The fraction of sp³-hybridized carbons (Fsp3) is 0.500. The van der Waals surface area contributed by atoms with Crippen molar-refractivity contribution in [2.24, 2.45) is 0 Å². The van der Waals surface area contributed by atoms with Gasteiger partial charge in [-0.3, -0.25) is 0 Å². The Hall–Kier alpha value is -0.670. The average molecular weight is 224 g/mol. The molecule has 0 radical (unpaired) electrons. The third-order valence-electron chi connectivity index (χ3n) is 3.11. The summed E-state index contributed by atoms with van der Waals surface area (Å²) in [4.78, 5) is 0. The van der Waals surface area contributed by atoms with E-state index in [9.17, 15) is 5.11 Å². The van der Waals surface area contributed by atoms with Gasteiger partial charge in [-0.25, -0.2) is 0 Å². The Morgan fingerprint density at radius 3 is 2.53 bits per heavy atom. The van der Waals surface area contributed by atoms with Crippen LogP contribution in [0.3, 0.4) is 0 Å². The first-order valence-corrected chi connectivity index (χ1v) is 6.20. The van der Waals surface area contributed by atoms with E-state index in [0.29, 0.717) is 0 Å². The van der Waals surface area contributed by atoms with E-state index < -0.39 is 5.60 Å². The highest BCUT2D eigenvalue weighted by molar-refractivity contribution is 8.00. The molecule has 0 amide bonds. The van der Waals surface area contributed by atoms with Crippen molar-refractivity contribution >= 4 is 11.8 Å². The number of ether oxygens (including phenoxy) is 1. The van der Waals surface area contributed by atoms with Crippen LogP contribution in [0.5, 0.6) is 5.75 Å². The molecular formula is C12H16O2S. The van der Waals surface area contributed by atoms with Crippen molar-refractivity contribution in [1.82, 2.24) is 0 Å². The largest absolute Gasteiger partial charge is 0.497 e. The van der Waals surface area contributed by atoms with Crippen LogP contribution in [0.15, 0.2) is 24.3 Å². The summed E-state index contributed by atoms with van der Waals surface area (Å²) < 4.78 is 5.10. The van der Waals surface area contributed by atoms with Gasteiger partial charge < -0.3 is 9.84 Å². The van der Waals surface area contributed by atoms with Crippen molar-refractivity contribution in [3.05, 3.63) is 29.8 Å². The van der Waals surface area contributed by atoms with E-state index in [0.717, 1.165) is 23.5 Å². The van der Waals surface area contributed by atoms with Crippen LogP contribution in [-0.4, -0.2) is 23.2 Å². The van der Waals surface area contributed by atoms with Crippen LogP contribution < -0.4 is 4.74 Å². The molecule has 1 aromatic carbocycles. The summed E-state index contributed by atoms with van der Waals surface area (Å²) in [6.45, 7) is 2.09. The Labute approximate surface area is 94.6 Å². The summed E-state index contributed by atoms with van der Waals surface area (Å²) in [5.41, 5.74) is 0.345. The van der Waals surface area contributed by atoms with Crippen LogP contribution in [0.2, 0.25) is 0 Å². The summed E-state index contributed by atoms with van der Waals surface area (Å²) in [5, 5.41) is 10.8. The van der Waals surface area contributed by atoms with Gasteiger partial charge in [0.1, 0.15) is 11.4 Å². The lowest BCUT2D eigenvalue weighted by Crippen LogP contribution is -2.31. The molecule has 2 atom stereocenters. The average Bonchev–Trinajstić information content (AvgIpc) is 2.61. The lowest BCUT2D eigenvalue weighted by molar-refractivity contribution is 0.0427. The molecular weight excluding hydrogens is 208 g/mol. The van der Waals surface area contributed by atoms with Crippen LogP contribution in [0.4, 0.5) is 0 Å². The minimum Gasteiger partial charge on any atom is -0.497 e. The third-order valence-corrected chi connectivity index (χ3v) is 4.44. The molecule has 1 saturated heterocycles. The molecule has 0 bridgehead atoms. The van der Waals surface area contributed by atoms with Crippen LogP contribution in [0, 0.1) is 0 Å². The maximum Gasteiger partial charge on any atom is 0.118 e. The molecule has 3 heteroatoms. The van der Waals surface area contributed by atoms with E-state index in [1.807, 2.05) is 36.0 Å². The maximum atomic E-state index is 10.5. The third kappa shape index (κ3) is 1.86. The van der Waals surface area contributed by atoms with Gasteiger partial charge in [-0.15, -0.1) is 0 Å². The molecule has 0 spiro atoms. The van der Waals surface area contributed by atoms with Gasteiger partial charge in [0, 0.05) is 5.25 Å². The number of hydrogen-bond acceptors (Lipinski definition) is 3. The smallest absolute Gasteiger partial charge is 0.118 e. The van der Waals surface area contributed by atoms with Crippen molar-refractivity contribution in [2.45, 2.75) is 24.2 Å². The molecule has 1 aliphatic heterocycles. The van der Waals surface area contributed by atoms with Gasteiger partial charge in [-0.05, 0) is 29.9 Å². The monoisotopic (exact) mass is 224 g/mol. The Balaban J connectivity index is 2.28. The number of thioether (sulfide) groups is 1. The first-order chi connectivity index (χ1) is 7.16. The van der Waals surface area contributed by atoms with Gasteiger partial charge in [0.25, 0.3) is 0 Å². The van der Waals surface area contributed by atoms with Gasteiger partial charge in [0.2, 0.25) is 0 Å². The number of benzene rings is 1. The first kappa shape index (κ1) is 10.8. The van der Waals surface area contributed by atoms with E-state index in [1.54, 1.807) is 7.11 Å². The summed E-state index contributed by atoms with van der Waals surface area (Å²) in [5.74, 6) is 1.87. The van der Waals surface area contributed by atoms with Gasteiger partial charge >= 0.3 is 0 Å². The normalized spacial score (nSPS) is 30.5. The van der Waals surface area contributed by atoms with Gasteiger partial charge in [0.15, 0.2) is 0 Å². The van der Waals surface area contributed by atoms with Gasteiger partial charge in [-0.1, -0.05) is 19.1 Å². The lowest BCUT2D eigenvalue weighted by Gasteiger charge is -2.27. The number of rotatable bonds is 2. The predicted octanol–water partition coefficient (Wildman–Crippen LogP) is 2.41. The Kier molecular flexibility index (Phi) is 2.94.